The summed E-state index contributed by atoms with van der Waals surface area (Å²) < 4.78 is 5.82. The van der Waals surface area contributed by atoms with Crippen molar-refractivity contribution in [1.82, 2.24) is 15.3 Å². The van der Waals surface area contributed by atoms with Crippen molar-refractivity contribution in [2.45, 2.75) is 20.0 Å². The molecule has 4 rings (SSSR count). The zero-order valence-electron chi connectivity index (χ0n) is 17.2. The lowest BCUT2D eigenvalue weighted by Gasteiger charge is -2.08. The van der Waals surface area contributed by atoms with Gasteiger partial charge in [0.2, 0.25) is 0 Å². The minimum atomic E-state index is -0.0972. The highest BCUT2D eigenvalue weighted by molar-refractivity contribution is 7.17. The first-order valence-corrected chi connectivity index (χ1v) is 10.9. The molecule has 0 radical (unpaired) electrons. The van der Waals surface area contributed by atoms with E-state index in [9.17, 15) is 4.79 Å². The van der Waals surface area contributed by atoms with Crippen LogP contribution in [0.4, 0.5) is 0 Å². The van der Waals surface area contributed by atoms with Crippen LogP contribution < -0.4 is 10.1 Å². The number of carbonyl (C=O) groups is 1. The number of nitrogens with zero attached hydrogens (tertiary/aromatic N) is 2. The maximum absolute atomic E-state index is 12.6. The van der Waals surface area contributed by atoms with Crippen LogP contribution in [-0.4, -0.2) is 22.4 Å². The Morgan fingerprint density at radius 2 is 1.74 bits per heavy atom. The lowest BCUT2D eigenvalue weighted by atomic mass is 10.1. The maximum atomic E-state index is 12.6. The Labute approximate surface area is 185 Å². The quantitative estimate of drug-likeness (QED) is 0.425. The second-order valence-corrected chi connectivity index (χ2v) is 8.07. The molecule has 1 N–H and O–H groups in total. The number of benzene rings is 2. The Bertz CT molecular complexity index is 1130. The molecule has 2 heterocycles. The van der Waals surface area contributed by atoms with Crippen LogP contribution >= 0.6 is 11.3 Å². The van der Waals surface area contributed by atoms with E-state index in [4.69, 9.17) is 4.74 Å². The fourth-order valence-electron chi connectivity index (χ4n) is 3.10. The van der Waals surface area contributed by atoms with E-state index in [1.807, 2.05) is 79.7 Å². The van der Waals surface area contributed by atoms with Gasteiger partial charge in [-0.1, -0.05) is 48.5 Å². The fourth-order valence-corrected chi connectivity index (χ4v) is 4.06. The number of aromatic nitrogens is 2. The molecule has 156 valence electrons. The Balaban J connectivity index is 1.27. The molecule has 0 fully saturated rings. The van der Waals surface area contributed by atoms with Crippen LogP contribution in [0.5, 0.6) is 5.75 Å². The van der Waals surface area contributed by atoms with E-state index in [0.29, 0.717) is 18.0 Å². The Hall–Kier alpha value is -3.51. The molecule has 0 atom stereocenters. The maximum Gasteiger partial charge on any atom is 0.263 e. The summed E-state index contributed by atoms with van der Waals surface area (Å²) in [5.41, 5.74) is 3.79. The number of hydrogen-bond donors (Lipinski definition) is 1. The van der Waals surface area contributed by atoms with E-state index in [-0.39, 0.29) is 5.91 Å². The summed E-state index contributed by atoms with van der Waals surface area (Å²) in [5.74, 6) is 0.735. The highest BCUT2D eigenvalue weighted by Gasteiger charge is 2.16. The molecule has 0 aliphatic heterocycles. The van der Waals surface area contributed by atoms with Gasteiger partial charge in [0.1, 0.15) is 22.2 Å². The van der Waals surface area contributed by atoms with Gasteiger partial charge in [-0.25, -0.2) is 4.98 Å². The van der Waals surface area contributed by atoms with Gasteiger partial charge in [0.15, 0.2) is 0 Å². The van der Waals surface area contributed by atoms with Crippen molar-refractivity contribution in [2.75, 3.05) is 6.54 Å². The van der Waals surface area contributed by atoms with Crippen LogP contribution in [0, 0.1) is 6.92 Å². The summed E-state index contributed by atoms with van der Waals surface area (Å²) in [6.45, 7) is 2.95. The number of aryl methyl sites for hydroxylation is 1. The summed E-state index contributed by atoms with van der Waals surface area (Å²) in [4.78, 5) is 22.0. The molecule has 6 heteroatoms. The Kier molecular flexibility index (Phi) is 6.69. The summed E-state index contributed by atoms with van der Waals surface area (Å²) >= 11 is 1.37. The predicted octanol–water partition coefficient (Wildman–Crippen LogP) is 5.07. The van der Waals surface area contributed by atoms with Crippen LogP contribution in [-0.2, 0) is 13.0 Å². The highest BCUT2D eigenvalue weighted by atomic mass is 32.1. The van der Waals surface area contributed by atoms with E-state index in [0.717, 1.165) is 39.7 Å². The average Bonchev–Trinajstić information content (AvgIpc) is 3.21. The normalized spacial score (nSPS) is 10.6. The largest absolute Gasteiger partial charge is 0.489 e. The number of ether oxygens (including phenoxy) is 1. The van der Waals surface area contributed by atoms with E-state index < -0.39 is 0 Å². The molecule has 5 nitrogen and oxygen atoms in total. The molecule has 4 aromatic rings. The van der Waals surface area contributed by atoms with Gasteiger partial charge in [-0.05, 0) is 48.7 Å². The minimum absolute atomic E-state index is 0.0972. The van der Waals surface area contributed by atoms with Crippen molar-refractivity contribution in [3.8, 4) is 16.5 Å². The number of amides is 1. The molecule has 1 amide bonds. The lowest BCUT2D eigenvalue weighted by molar-refractivity contribution is 0.0957. The third kappa shape index (κ3) is 5.55. The first kappa shape index (κ1) is 20.8. The van der Waals surface area contributed by atoms with Crippen LogP contribution in [0.15, 0.2) is 79.0 Å². The van der Waals surface area contributed by atoms with Crippen LogP contribution in [0.1, 0.15) is 26.5 Å². The van der Waals surface area contributed by atoms with Crippen LogP contribution in [0.2, 0.25) is 0 Å². The summed E-state index contributed by atoms with van der Waals surface area (Å²) in [5, 5.41) is 3.75. The first-order valence-electron chi connectivity index (χ1n) is 10.1. The van der Waals surface area contributed by atoms with Crippen LogP contribution in [0.3, 0.4) is 0 Å². The zero-order chi connectivity index (χ0) is 21.5. The number of rotatable bonds is 8. The SMILES string of the molecule is Cc1nc(-c2ccccn2)sc1C(=O)NCCc1ccc(OCc2ccccc2)cc1. The molecular formula is C25H23N3O2S. The number of thiazole rings is 1. The van der Waals surface area contributed by atoms with Crippen molar-refractivity contribution in [1.29, 1.82) is 0 Å². The molecule has 2 aromatic carbocycles. The number of carbonyl (C=O) groups excluding carboxylic acids is 1. The predicted molar refractivity (Wildman–Crippen MR) is 123 cm³/mol. The topological polar surface area (TPSA) is 64.1 Å². The molecular weight excluding hydrogens is 406 g/mol. The second kappa shape index (κ2) is 10.00. The van der Waals surface area contributed by atoms with Gasteiger partial charge >= 0.3 is 0 Å². The number of pyridine rings is 1. The summed E-state index contributed by atoms with van der Waals surface area (Å²) in [6.07, 6.45) is 2.47. The van der Waals surface area contributed by atoms with Crippen LogP contribution in [0.25, 0.3) is 10.7 Å². The standard InChI is InChI=1S/C25H23N3O2S/c1-18-23(31-25(28-18)22-9-5-6-15-26-22)24(29)27-16-14-19-10-12-21(13-11-19)30-17-20-7-3-2-4-8-20/h2-13,15H,14,16-17H2,1H3,(H,27,29). The second-order valence-electron chi connectivity index (χ2n) is 7.07. The molecule has 0 aliphatic carbocycles. The van der Waals surface area contributed by atoms with Crippen molar-refractivity contribution >= 4 is 17.2 Å². The Morgan fingerprint density at radius 3 is 2.48 bits per heavy atom. The van der Waals surface area contributed by atoms with Crippen molar-refractivity contribution in [3.05, 3.63) is 101 Å². The third-order valence-corrected chi connectivity index (χ3v) is 5.94. The molecule has 0 saturated carbocycles. The third-order valence-electron chi connectivity index (χ3n) is 4.76. The Morgan fingerprint density at radius 1 is 0.968 bits per heavy atom. The van der Waals surface area contributed by atoms with E-state index in [1.165, 1.54) is 11.3 Å². The molecule has 0 bridgehead atoms. The fraction of sp³-hybridized carbons (Fsp3) is 0.160. The van der Waals surface area contributed by atoms with Gasteiger partial charge in [-0.15, -0.1) is 11.3 Å². The molecule has 0 unspecified atom stereocenters. The number of nitrogens with one attached hydrogen (secondary N) is 1. The highest BCUT2D eigenvalue weighted by Crippen LogP contribution is 2.26. The van der Waals surface area contributed by atoms with Gasteiger partial charge < -0.3 is 10.1 Å². The van der Waals surface area contributed by atoms with Gasteiger partial charge in [0, 0.05) is 12.7 Å². The molecule has 2 aromatic heterocycles. The van der Waals surface area contributed by atoms with E-state index >= 15 is 0 Å². The van der Waals surface area contributed by atoms with Gasteiger partial charge in [-0.3, -0.25) is 9.78 Å². The van der Waals surface area contributed by atoms with E-state index in [2.05, 4.69) is 15.3 Å². The van der Waals surface area contributed by atoms with Gasteiger partial charge in [0.25, 0.3) is 5.91 Å². The summed E-state index contributed by atoms with van der Waals surface area (Å²) in [7, 11) is 0. The van der Waals surface area contributed by atoms with Crippen molar-refractivity contribution < 1.29 is 9.53 Å². The zero-order valence-corrected chi connectivity index (χ0v) is 18.1. The van der Waals surface area contributed by atoms with Crippen molar-refractivity contribution in [3.63, 3.8) is 0 Å². The molecule has 31 heavy (non-hydrogen) atoms. The first-order chi connectivity index (χ1) is 15.2. The van der Waals surface area contributed by atoms with E-state index in [1.54, 1.807) is 6.20 Å². The minimum Gasteiger partial charge on any atom is -0.489 e. The van der Waals surface area contributed by atoms with Gasteiger partial charge in [-0.2, -0.15) is 0 Å². The summed E-state index contributed by atoms with van der Waals surface area (Å²) in [6, 6.07) is 23.7. The smallest absolute Gasteiger partial charge is 0.263 e. The molecule has 0 saturated heterocycles. The molecule has 0 aliphatic rings. The number of hydrogen-bond acceptors (Lipinski definition) is 5. The monoisotopic (exact) mass is 429 g/mol. The molecule has 0 spiro atoms. The van der Waals surface area contributed by atoms with Gasteiger partial charge in [0.05, 0.1) is 11.4 Å². The average molecular weight is 430 g/mol. The lowest BCUT2D eigenvalue weighted by Crippen LogP contribution is -2.25. The van der Waals surface area contributed by atoms with Crippen molar-refractivity contribution in [2.24, 2.45) is 0 Å².